The summed E-state index contributed by atoms with van der Waals surface area (Å²) in [5, 5.41) is 8.12. The van der Waals surface area contributed by atoms with Gasteiger partial charge in [0, 0.05) is 5.56 Å². The zero-order valence-electron chi connectivity index (χ0n) is 13.1. The molecule has 0 saturated carbocycles. The van der Waals surface area contributed by atoms with Crippen molar-refractivity contribution in [2.45, 2.75) is 13.8 Å². The van der Waals surface area contributed by atoms with Crippen LogP contribution in [0, 0.1) is 6.92 Å². The molecule has 0 atom stereocenters. The van der Waals surface area contributed by atoms with E-state index >= 15 is 0 Å². The molecule has 2 aromatic carbocycles. The van der Waals surface area contributed by atoms with Gasteiger partial charge in [0.1, 0.15) is 11.4 Å². The molecule has 0 aliphatic carbocycles. The average Bonchev–Trinajstić information content (AvgIpc) is 3.00. The minimum Gasteiger partial charge on any atom is -0.494 e. The summed E-state index contributed by atoms with van der Waals surface area (Å²) in [5.74, 6) is 0.795. The van der Waals surface area contributed by atoms with Gasteiger partial charge in [0.15, 0.2) is 12.0 Å². The van der Waals surface area contributed by atoms with Crippen molar-refractivity contribution in [1.29, 1.82) is 0 Å². The first-order valence-corrected chi connectivity index (χ1v) is 7.44. The summed E-state index contributed by atoms with van der Waals surface area (Å²) in [6.07, 6.45) is 0.732. The zero-order chi connectivity index (χ0) is 16.2. The number of aldehydes is 1. The Balaban J connectivity index is 2.10. The molecule has 3 rings (SSSR count). The van der Waals surface area contributed by atoms with Crippen molar-refractivity contribution in [3.05, 3.63) is 59.8 Å². The van der Waals surface area contributed by atoms with Gasteiger partial charge in [-0.05, 0) is 44.2 Å². The molecule has 1 heterocycles. The Bertz CT molecular complexity index is 823. The Morgan fingerprint density at radius 3 is 2.61 bits per heavy atom. The summed E-state index contributed by atoms with van der Waals surface area (Å²) in [6.45, 7) is 4.57. The minimum absolute atomic E-state index is 0.324. The van der Waals surface area contributed by atoms with E-state index in [1.54, 1.807) is 4.68 Å². The van der Waals surface area contributed by atoms with Crippen LogP contribution in [0.1, 0.15) is 23.0 Å². The van der Waals surface area contributed by atoms with E-state index in [2.05, 4.69) is 10.3 Å². The van der Waals surface area contributed by atoms with E-state index in [1.807, 2.05) is 62.4 Å². The quantitative estimate of drug-likeness (QED) is 0.677. The maximum Gasteiger partial charge on any atom is 0.172 e. The molecule has 0 unspecified atom stereocenters. The summed E-state index contributed by atoms with van der Waals surface area (Å²) in [5.41, 5.74) is 3.85. The second kappa shape index (κ2) is 6.44. The molecule has 1 aromatic heterocycles. The van der Waals surface area contributed by atoms with E-state index in [4.69, 9.17) is 4.74 Å². The van der Waals surface area contributed by atoms with E-state index in [9.17, 15) is 4.79 Å². The maximum atomic E-state index is 11.3. The fourth-order valence-electron chi connectivity index (χ4n) is 2.47. The Morgan fingerprint density at radius 2 is 1.96 bits per heavy atom. The summed E-state index contributed by atoms with van der Waals surface area (Å²) in [6, 6.07) is 15.5. The summed E-state index contributed by atoms with van der Waals surface area (Å²) >= 11 is 0. The van der Waals surface area contributed by atoms with E-state index < -0.39 is 0 Å². The normalized spacial score (nSPS) is 10.5. The minimum atomic E-state index is 0.324. The number of carbonyl (C=O) groups is 1. The van der Waals surface area contributed by atoms with Gasteiger partial charge >= 0.3 is 0 Å². The molecular formula is C18H17N3O2. The van der Waals surface area contributed by atoms with Crippen LogP contribution >= 0.6 is 0 Å². The molecule has 0 aliphatic heterocycles. The molecule has 0 aliphatic rings. The van der Waals surface area contributed by atoms with Crippen molar-refractivity contribution in [2.75, 3.05) is 6.61 Å². The van der Waals surface area contributed by atoms with E-state index in [0.717, 1.165) is 28.8 Å². The van der Waals surface area contributed by atoms with E-state index in [0.29, 0.717) is 18.0 Å². The number of nitrogens with zero attached hydrogens (tertiary/aromatic N) is 3. The van der Waals surface area contributed by atoms with Crippen LogP contribution in [-0.4, -0.2) is 27.9 Å². The van der Waals surface area contributed by atoms with Gasteiger partial charge in [-0.1, -0.05) is 29.0 Å². The first-order valence-electron chi connectivity index (χ1n) is 7.44. The topological polar surface area (TPSA) is 57.0 Å². The van der Waals surface area contributed by atoms with Gasteiger partial charge < -0.3 is 4.74 Å². The second-order valence-corrected chi connectivity index (χ2v) is 5.15. The van der Waals surface area contributed by atoms with Gasteiger partial charge in [0.05, 0.1) is 12.3 Å². The van der Waals surface area contributed by atoms with Crippen molar-refractivity contribution in [1.82, 2.24) is 15.0 Å². The van der Waals surface area contributed by atoms with Crippen LogP contribution in [0.25, 0.3) is 16.9 Å². The Kier molecular flexibility index (Phi) is 4.19. The molecular weight excluding hydrogens is 290 g/mol. The summed E-state index contributed by atoms with van der Waals surface area (Å²) < 4.78 is 7.13. The van der Waals surface area contributed by atoms with Gasteiger partial charge in [-0.3, -0.25) is 4.79 Å². The SMILES string of the molecule is CCOc1ccc(-n2nnc(C=O)c2-c2cccc(C)c2)cc1. The molecule has 0 radical (unpaired) electrons. The highest BCUT2D eigenvalue weighted by atomic mass is 16.5. The number of ether oxygens (including phenoxy) is 1. The monoisotopic (exact) mass is 307 g/mol. The highest BCUT2D eigenvalue weighted by molar-refractivity contribution is 5.84. The third-order valence-corrected chi connectivity index (χ3v) is 3.49. The third-order valence-electron chi connectivity index (χ3n) is 3.49. The Labute approximate surface area is 134 Å². The van der Waals surface area contributed by atoms with Crippen LogP contribution in [-0.2, 0) is 0 Å². The first-order chi connectivity index (χ1) is 11.2. The number of hydrogen-bond acceptors (Lipinski definition) is 4. The summed E-state index contributed by atoms with van der Waals surface area (Å²) in [4.78, 5) is 11.3. The molecule has 0 bridgehead atoms. The predicted molar refractivity (Wildman–Crippen MR) is 88.1 cm³/mol. The lowest BCUT2D eigenvalue weighted by molar-refractivity contribution is 0.111. The molecule has 23 heavy (non-hydrogen) atoms. The maximum absolute atomic E-state index is 11.3. The van der Waals surface area contributed by atoms with Crippen LogP contribution in [0.4, 0.5) is 0 Å². The van der Waals surface area contributed by atoms with Crippen molar-refractivity contribution < 1.29 is 9.53 Å². The van der Waals surface area contributed by atoms with Crippen molar-refractivity contribution in [2.24, 2.45) is 0 Å². The largest absolute Gasteiger partial charge is 0.494 e. The highest BCUT2D eigenvalue weighted by Gasteiger charge is 2.16. The smallest absolute Gasteiger partial charge is 0.172 e. The highest BCUT2D eigenvalue weighted by Crippen LogP contribution is 2.26. The Hall–Kier alpha value is -2.95. The van der Waals surface area contributed by atoms with Crippen LogP contribution < -0.4 is 4.74 Å². The zero-order valence-corrected chi connectivity index (χ0v) is 13.1. The molecule has 0 fully saturated rings. The molecule has 116 valence electrons. The second-order valence-electron chi connectivity index (χ2n) is 5.15. The van der Waals surface area contributed by atoms with E-state index in [1.165, 1.54) is 0 Å². The number of carbonyl (C=O) groups excluding carboxylic acids is 1. The lowest BCUT2D eigenvalue weighted by atomic mass is 10.1. The fraction of sp³-hybridized carbons (Fsp3) is 0.167. The van der Waals surface area contributed by atoms with Crippen molar-refractivity contribution in [3.8, 4) is 22.7 Å². The predicted octanol–water partition coefficient (Wildman–Crippen LogP) is 3.45. The molecule has 5 heteroatoms. The van der Waals surface area contributed by atoms with E-state index in [-0.39, 0.29) is 0 Å². The lowest BCUT2D eigenvalue weighted by Gasteiger charge is -2.09. The van der Waals surface area contributed by atoms with Crippen LogP contribution in [0.3, 0.4) is 0 Å². The number of aromatic nitrogens is 3. The van der Waals surface area contributed by atoms with Crippen molar-refractivity contribution >= 4 is 6.29 Å². The first kappa shape index (κ1) is 15.0. The van der Waals surface area contributed by atoms with Gasteiger partial charge in [0.25, 0.3) is 0 Å². The average molecular weight is 307 g/mol. The third kappa shape index (κ3) is 2.99. The fourth-order valence-corrected chi connectivity index (χ4v) is 2.47. The summed E-state index contributed by atoms with van der Waals surface area (Å²) in [7, 11) is 0. The van der Waals surface area contributed by atoms with Gasteiger partial charge in [-0.25, -0.2) is 4.68 Å². The molecule has 0 spiro atoms. The Morgan fingerprint density at radius 1 is 1.17 bits per heavy atom. The van der Waals surface area contributed by atoms with Gasteiger partial charge in [-0.15, -0.1) is 5.10 Å². The number of aryl methyl sites for hydroxylation is 1. The molecule has 0 saturated heterocycles. The number of hydrogen-bond donors (Lipinski definition) is 0. The van der Waals surface area contributed by atoms with Crippen LogP contribution in [0.15, 0.2) is 48.5 Å². The standard InChI is InChI=1S/C18H17N3O2/c1-3-23-16-9-7-15(8-10-16)21-18(17(12-22)19-20-21)14-6-4-5-13(2)11-14/h4-12H,3H2,1-2H3. The lowest BCUT2D eigenvalue weighted by Crippen LogP contribution is -2.00. The molecule has 0 amide bonds. The number of rotatable bonds is 5. The van der Waals surface area contributed by atoms with Gasteiger partial charge in [-0.2, -0.15) is 0 Å². The van der Waals surface area contributed by atoms with Gasteiger partial charge in [0.2, 0.25) is 0 Å². The van der Waals surface area contributed by atoms with Crippen molar-refractivity contribution in [3.63, 3.8) is 0 Å². The molecule has 5 nitrogen and oxygen atoms in total. The number of benzene rings is 2. The van der Waals surface area contributed by atoms with Crippen LogP contribution in [0.5, 0.6) is 5.75 Å². The molecule has 3 aromatic rings. The molecule has 0 N–H and O–H groups in total. The van der Waals surface area contributed by atoms with Crippen LogP contribution in [0.2, 0.25) is 0 Å².